The predicted octanol–water partition coefficient (Wildman–Crippen LogP) is 2.36. The number of para-hydroxylation sites is 1. The Morgan fingerprint density at radius 3 is 2.82 bits per heavy atom. The number of benzene rings is 1. The Balaban J connectivity index is 1.67. The fourth-order valence-electron chi connectivity index (χ4n) is 3.06. The van der Waals surface area contributed by atoms with Crippen molar-refractivity contribution in [2.75, 3.05) is 0 Å². The quantitative estimate of drug-likeness (QED) is 0.884. The van der Waals surface area contributed by atoms with E-state index in [-0.39, 0.29) is 12.5 Å². The average Bonchev–Trinajstić information content (AvgIpc) is 2.90. The first-order chi connectivity index (χ1) is 10.6. The Morgan fingerprint density at radius 2 is 2.05 bits per heavy atom. The van der Waals surface area contributed by atoms with Gasteiger partial charge in [0.1, 0.15) is 12.1 Å². The van der Waals surface area contributed by atoms with Crippen LogP contribution in [0.15, 0.2) is 29.4 Å². The number of hydrogen-bond donors (Lipinski definition) is 1. The molecule has 1 aromatic heterocycles. The van der Waals surface area contributed by atoms with Crippen LogP contribution < -0.4 is 5.43 Å². The van der Waals surface area contributed by atoms with E-state index >= 15 is 0 Å². The summed E-state index contributed by atoms with van der Waals surface area (Å²) in [5, 5.41) is 12.4. The summed E-state index contributed by atoms with van der Waals surface area (Å²) in [6.45, 7) is 4.47. The lowest BCUT2D eigenvalue weighted by Gasteiger charge is -2.26. The molecule has 1 fully saturated rings. The lowest BCUT2D eigenvalue weighted by Crippen LogP contribution is -2.30. The normalized spacial score (nSPS) is 23.8. The third-order valence-electron chi connectivity index (χ3n) is 4.31. The third-order valence-corrected chi connectivity index (χ3v) is 4.31. The van der Waals surface area contributed by atoms with E-state index in [0.29, 0.717) is 11.8 Å². The van der Waals surface area contributed by atoms with Gasteiger partial charge in [-0.1, -0.05) is 37.6 Å². The van der Waals surface area contributed by atoms with Crippen LogP contribution in [0.25, 0.3) is 11.0 Å². The third kappa shape index (κ3) is 3.00. The molecular weight excluding hydrogens is 278 g/mol. The van der Waals surface area contributed by atoms with Crippen LogP contribution >= 0.6 is 0 Å². The zero-order chi connectivity index (χ0) is 15.5. The summed E-state index contributed by atoms with van der Waals surface area (Å²) in [5.41, 5.74) is 5.42. The maximum Gasteiger partial charge on any atom is 0.261 e. The van der Waals surface area contributed by atoms with Crippen molar-refractivity contribution in [3.8, 4) is 0 Å². The molecule has 6 heteroatoms. The molecule has 3 rings (SSSR count). The highest BCUT2D eigenvalue weighted by molar-refractivity contribution is 5.90. The molecule has 2 atom stereocenters. The largest absolute Gasteiger partial charge is 0.271 e. The first-order valence-electron chi connectivity index (χ1n) is 7.79. The molecule has 116 valence electrons. The van der Waals surface area contributed by atoms with Crippen molar-refractivity contribution < 1.29 is 4.79 Å². The van der Waals surface area contributed by atoms with Crippen LogP contribution in [0.2, 0.25) is 0 Å². The lowest BCUT2D eigenvalue weighted by atomic mass is 9.81. The van der Waals surface area contributed by atoms with Gasteiger partial charge in [0.05, 0.1) is 5.52 Å². The van der Waals surface area contributed by atoms with E-state index in [1.165, 1.54) is 6.42 Å². The summed E-state index contributed by atoms with van der Waals surface area (Å²) in [5.74, 6) is 0.709. The van der Waals surface area contributed by atoms with Gasteiger partial charge in [-0.05, 0) is 36.8 Å². The number of amides is 1. The van der Waals surface area contributed by atoms with E-state index in [9.17, 15) is 4.79 Å². The van der Waals surface area contributed by atoms with Crippen molar-refractivity contribution in [2.24, 2.45) is 16.9 Å². The van der Waals surface area contributed by atoms with E-state index < -0.39 is 0 Å². The SMILES string of the molecule is C[C@@H]1CCC[C@H](C)C1=NNC(=O)Cn1nnc2ccccc21. The van der Waals surface area contributed by atoms with Crippen LogP contribution in [0, 0.1) is 11.8 Å². The van der Waals surface area contributed by atoms with E-state index in [4.69, 9.17) is 0 Å². The zero-order valence-corrected chi connectivity index (χ0v) is 13.0. The highest BCUT2D eigenvalue weighted by atomic mass is 16.2. The highest BCUT2D eigenvalue weighted by Gasteiger charge is 2.23. The Kier molecular flexibility index (Phi) is 4.18. The fraction of sp³-hybridized carbons (Fsp3) is 0.500. The second-order valence-electron chi connectivity index (χ2n) is 6.04. The number of carbonyl (C=O) groups excluding carboxylic acids is 1. The molecule has 1 aliphatic carbocycles. The van der Waals surface area contributed by atoms with Crippen LogP contribution in [0.5, 0.6) is 0 Å². The smallest absolute Gasteiger partial charge is 0.261 e. The van der Waals surface area contributed by atoms with Gasteiger partial charge in [-0.15, -0.1) is 5.10 Å². The average molecular weight is 299 g/mol. The molecule has 0 bridgehead atoms. The van der Waals surface area contributed by atoms with Crippen LogP contribution in [0.1, 0.15) is 33.1 Å². The maximum atomic E-state index is 12.1. The molecule has 1 N–H and O–H groups in total. The number of hydrogen-bond acceptors (Lipinski definition) is 4. The zero-order valence-electron chi connectivity index (χ0n) is 13.0. The summed E-state index contributed by atoms with van der Waals surface area (Å²) >= 11 is 0. The number of hydrazone groups is 1. The Labute approximate surface area is 129 Å². The molecule has 0 spiro atoms. The molecule has 6 nitrogen and oxygen atoms in total. The molecule has 22 heavy (non-hydrogen) atoms. The first-order valence-corrected chi connectivity index (χ1v) is 7.79. The molecule has 1 aliphatic rings. The van der Waals surface area contributed by atoms with Crippen LogP contribution in [-0.2, 0) is 11.3 Å². The first kappa shape index (κ1) is 14.7. The van der Waals surface area contributed by atoms with Crippen molar-refractivity contribution >= 4 is 22.7 Å². The minimum absolute atomic E-state index is 0.125. The minimum Gasteiger partial charge on any atom is -0.271 e. The topological polar surface area (TPSA) is 72.2 Å². The number of carbonyl (C=O) groups is 1. The van der Waals surface area contributed by atoms with Crippen LogP contribution in [-0.4, -0.2) is 26.6 Å². The van der Waals surface area contributed by atoms with E-state index in [1.54, 1.807) is 4.68 Å². The van der Waals surface area contributed by atoms with Gasteiger partial charge >= 0.3 is 0 Å². The molecule has 1 saturated carbocycles. The highest BCUT2D eigenvalue weighted by Crippen LogP contribution is 2.25. The van der Waals surface area contributed by atoms with E-state index in [0.717, 1.165) is 29.6 Å². The number of nitrogens with zero attached hydrogens (tertiary/aromatic N) is 4. The van der Waals surface area contributed by atoms with Gasteiger partial charge in [-0.2, -0.15) is 5.10 Å². The molecule has 1 heterocycles. The summed E-state index contributed by atoms with van der Waals surface area (Å²) in [6, 6.07) is 7.59. The van der Waals surface area contributed by atoms with Gasteiger partial charge in [0, 0.05) is 5.71 Å². The van der Waals surface area contributed by atoms with Gasteiger partial charge < -0.3 is 0 Å². The molecule has 0 radical (unpaired) electrons. The monoisotopic (exact) mass is 299 g/mol. The van der Waals surface area contributed by atoms with Gasteiger partial charge in [-0.3, -0.25) is 4.79 Å². The van der Waals surface area contributed by atoms with Crippen LogP contribution in [0.4, 0.5) is 0 Å². The second kappa shape index (κ2) is 6.25. The van der Waals surface area contributed by atoms with E-state index in [1.807, 2.05) is 24.3 Å². The number of fused-ring (bicyclic) bond motifs is 1. The Hall–Kier alpha value is -2.24. The number of rotatable bonds is 3. The summed E-state index contributed by atoms with van der Waals surface area (Å²) in [4.78, 5) is 12.1. The molecule has 1 aromatic carbocycles. The van der Waals surface area contributed by atoms with Crippen molar-refractivity contribution in [3.05, 3.63) is 24.3 Å². The van der Waals surface area contributed by atoms with E-state index in [2.05, 4.69) is 34.7 Å². The molecular formula is C16H21N5O. The maximum absolute atomic E-state index is 12.1. The predicted molar refractivity (Wildman–Crippen MR) is 85.3 cm³/mol. The summed E-state index contributed by atoms with van der Waals surface area (Å²) < 4.78 is 1.60. The molecule has 0 aliphatic heterocycles. The van der Waals surface area contributed by atoms with Gasteiger partial charge in [0.25, 0.3) is 5.91 Å². The van der Waals surface area contributed by atoms with Crippen molar-refractivity contribution in [3.63, 3.8) is 0 Å². The number of nitrogens with one attached hydrogen (secondary N) is 1. The van der Waals surface area contributed by atoms with Gasteiger partial charge in [0.15, 0.2) is 0 Å². The molecule has 0 unspecified atom stereocenters. The summed E-state index contributed by atoms with van der Waals surface area (Å²) in [7, 11) is 0. The van der Waals surface area contributed by atoms with Gasteiger partial charge in [-0.25, -0.2) is 10.1 Å². The van der Waals surface area contributed by atoms with Crippen molar-refractivity contribution in [1.29, 1.82) is 0 Å². The molecule has 2 aromatic rings. The van der Waals surface area contributed by atoms with Crippen molar-refractivity contribution in [2.45, 2.75) is 39.7 Å². The molecule has 0 saturated heterocycles. The summed E-state index contributed by atoms with van der Waals surface area (Å²) in [6.07, 6.45) is 3.53. The molecule has 1 amide bonds. The van der Waals surface area contributed by atoms with Gasteiger partial charge in [0.2, 0.25) is 0 Å². The Morgan fingerprint density at radius 1 is 1.32 bits per heavy atom. The Bertz CT molecular complexity index is 693. The van der Waals surface area contributed by atoms with Crippen molar-refractivity contribution in [1.82, 2.24) is 20.4 Å². The fourth-order valence-corrected chi connectivity index (χ4v) is 3.06. The standard InChI is InChI=1S/C16H21N5O/c1-11-6-5-7-12(2)16(11)19-18-15(22)10-21-14-9-4-3-8-13(14)17-20-21/h3-4,8-9,11-12H,5-7,10H2,1-2H3,(H,18,22)/t11-,12+. The lowest BCUT2D eigenvalue weighted by molar-refractivity contribution is -0.121. The van der Waals surface area contributed by atoms with Crippen LogP contribution in [0.3, 0.4) is 0 Å². The minimum atomic E-state index is -0.173. The second-order valence-corrected chi connectivity index (χ2v) is 6.04. The number of aromatic nitrogens is 3.